The van der Waals surface area contributed by atoms with Gasteiger partial charge in [-0.2, -0.15) is 0 Å². The molecule has 0 atom stereocenters. The third-order valence-electron chi connectivity index (χ3n) is 3.27. The fraction of sp³-hybridized carbons (Fsp3) is 0.476. The third kappa shape index (κ3) is 18.1. The van der Waals surface area contributed by atoms with Crippen molar-refractivity contribution >= 4 is 5.97 Å². The number of methoxy groups -OCH3 is 1. The zero-order chi connectivity index (χ0) is 17.0. The van der Waals surface area contributed by atoms with E-state index < -0.39 is 0 Å². The van der Waals surface area contributed by atoms with Gasteiger partial charge in [-0.1, -0.05) is 61.1 Å². The molecule has 2 heteroatoms. The fourth-order valence-corrected chi connectivity index (χ4v) is 1.93. The van der Waals surface area contributed by atoms with E-state index in [1.54, 1.807) is 0 Å². The van der Waals surface area contributed by atoms with Crippen LogP contribution in [0, 0.1) is 0 Å². The second-order valence-corrected chi connectivity index (χ2v) is 5.29. The quantitative estimate of drug-likeness (QED) is 0.220. The summed E-state index contributed by atoms with van der Waals surface area (Å²) in [6, 6.07) is 0. The second kappa shape index (κ2) is 18.2. The maximum atomic E-state index is 10.9. The minimum absolute atomic E-state index is 0.104. The Balaban J connectivity index is 3.40. The van der Waals surface area contributed by atoms with Crippen molar-refractivity contribution in [3.05, 3.63) is 61.3 Å². The number of allylic oxidation sites excluding steroid dienone is 9. The second-order valence-electron chi connectivity index (χ2n) is 5.29. The predicted octanol–water partition coefficient (Wildman–Crippen LogP) is 6.08. The van der Waals surface area contributed by atoms with E-state index in [9.17, 15) is 4.79 Å². The summed E-state index contributed by atoms with van der Waals surface area (Å²) in [7, 11) is 1.44. The number of carbonyl (C=O) groups is 1. The Labute approximate surface area is 142 Å². The topological polar surface area (TPSA) is 26.3 Å². The minimum atomic E-state index is -0.104. The van der Waals surface area contributed by atoms with Crippen molar-refractivity contribution < 1.29 is 9.53 Å². The first-order valence-electron chi connectivity index (χ1n) is 8.59. The molecule has 0 N–H and O–H groups in total. The highest BCUT2D eigenvalue weighted by Crippen LogP contribution is 2.05. The molecule has 0 amide bonds. The average Bonchev–Trinajstić information content (AvgIpc) is 2.57. The van der Waals surface area contributed by atoms with Crippen LogP contribution in [0.1, 0.15) is 57.8 Å². The van der Waals surface area contributed by atoms with Crippen LogP contribution in [0.4, 0.5) is 0 Å². The molecular weight excluding hydrogens is 284 g/mol. The lowest BCUT2D eigenvalue weighted by atomic mass is 10.1. The van der Waals surface area contributed by atoms with Crippen LogP contribution in [-0.2, 0) is 9.53 Å². The first kappa shape index (κ1) is 21.2. The number of hydrogen-bond acceptors (Lipinski definition) is 2. The van der Waals surface area contributed by atoms with Crippen molar-refractivity contribution in [2.75, 3.05) is 7.11 Å². The number of ether oxygens (including phenoxy) is 1. The molecule has 128 valence electrons. The summed E-state index contributed by atoms with van der Waals surface area (Å²) in [6.07, 6.45) is 28.1. The van der Waals surface area contributed by atoms with Crippen LogP contribution in [0.25, 0.3) is 0 Å². The van der Waals surface area contributed by atoms with Crippen LogP contribution in [0.2, 0.25) is 0 Å². The summed E-state index contributed by atoms with van der Waals surface area (Å²) in [5.74, 6) is -0.104. The lowest BCUT2D eigenvalue weighted by molar-refractivity contribution is -0.140. The summed E-state index contributed by atoms with van der Waals surface area (Å²) < 4.78 is 4.61. The Morgan fingerprint density at radius 1 is 0.783 bits per heavy atom. The zero-order valence-corrected chi connectivity index (χ0v) is 14.6. The summed E-state index contributed by atoms with van der Waals surface area (Å²) in [6.45, 7) is 3.68. The molecule has 0 aromatic rings. The van der Waals surface area contributed by atoms with E-state index in [4.69, 9.17) is 0 Å². The van der Waals surface area contributed by atoms with Gasteiger partial charge in [-0.3, -0.25) is 4.79 Å². The SMILES string of the molecule is C=CCC=CCC=CCC=CCC=CCCCCCC(=O)OC. The maximum absolute atomic E-state index is 10.9. The first-order chi connectivity index (χ1) is 11.3. The fourth-order valence-electron chi connectivity index (χ4n) is 1.93. The molecule has 0 unspecified atom stereocenters. The summed E-state index contributed by atoms with van der Waals surface area (Å²) >= 11 is 0. The molecular formula is C21H32O2. The number of rotatable bonds is 14. The summed E-state index contributed by atoms with van der Waals surface area (Å²) in [5.41, 5.74) is 0. The smallest absolute Gasteiger partial charge is 0.305 e. The molecule has 0 saturated carbocycles. The minimum Gasteiger partial charge on any atom is -0.469 e. The Kier molecular flexibility index (Phi) is 16.8. The predicted molar refractivity (Wildman–Crippen MR) is 100 cm³/mol. The highest BCUT2D eigenvalue weighted by molar-refractivity contribution is 5.68. The lowest BCUT2D eigenvalue weighted by Gasteiger charge is -1.98. The zero-order valence-electron chi connectivity index (χ0n) is 14.6. The Morgan fingerprint density at radius 2 is 1.30 bits per heavy atom. The first-order valence-corrected chi connectivity index (χ1v) is 8.59. The van der Waals surface area contributed by atoms with Crippen molar-refractivity contribution in [1.29, 1.82) is 0 Å². The Morgan fingerprint density at radius 3 is 1.83 bits per heavy atom. The lowest BCUT2D eigenvalue weighted by Crippen LogP contribution is -1.98. The van der Waals surface area contributed by atoms with E-state index in [1.165, 1.54) is 7.11 Å². The maximum Gasteiger partial charge on any atom is 0.305 e. The van der Waals surface area contributed by atoms with Gasteiger partial charge in [0.2, 0.25) is 0 Å². The van der Waals surface area contributed by atoms with Crippen LogP contribution < -0.4 is 0 Å². The van der Waals surface area contributed by atoms with Crippen molar-refractivity contribution in [1.82, 2.24) is 0 Å². The standard InChI is InChI=1S/C21H32O2/c1-3-4-5-6-7-8-9-10-11-12-13-14-15-16-17-18-19-20-21(22)23-2/h3,5-6,8-9,11-12,14-15H,1,4,7,10,13,16-20H2,2H3. The monoisotopic (exact) mass is 316 g/mol. The van der Waals surface area contributed by atoms with Crippen molar-refractivity contribution in [3.8, 4) is 0 Å². The van der Waals surface area contributed by atoms with E-state index in [0.29, 0.717) is 6.42 Å². The molecule has 23 heavy (non-hydrogen) atoms. The van der Waals surface area contributed by atoms with Crippen LogP contribution in [0.5, 0.6) is 0 Å². The molecule has 0 aliphatic rings. The summed E-state index contributed by atoms with van der Waals surface area (Å²) in [5, 5.41) is 0. The highest BCUT2D eigenvalue weighted by Gasteiger charge is 1.97. The molecule has 2 nitrogen and oxygen atoms in total. The van der Waals surface area contributed by atoms with Gasteiger partial charge in [-0.25, -0.2) is 0 Å². The third-order valence-corrected chi connectivity index (χ3v) is 3.27. The van der Waals surface area contributed by atoms with Gasteiger partial charge in [0.05, 0.1) is 7.11 Å². The molecule has 0 heterocycles. The largest absolute Gasteiger partial charge is 0.469 e. The van der Waals surface area contributed by atoms with Crippen LogP contribution in [0.3, 0.4) is 0 Å². The van der Waals surface area contributed by atoms with Crippen LogP contribution in [-0.4, -0.2) is 13.1 Å². The van der Waals surface area contributed by atoms with Gasteiger partial charge in [0.15, 0.2) is 0 Å². The average molecular weight is 316 g/mol. The van der Waals surface area contributed by atoms with Crippen LogP contribution >= 0.6 is 0 Å². The molecule has 0 saturated heterocycles. The van der Waals surface area contributed by atoms with E-state index in [-0.39, 0.29) is 5.97 Å². The number of carbonyl (C=O) groups excluding carboxylic acids is 1. The van der Waals surface area contributed by atoms with Gasteiger partial charge in [0.25, 0.3) is 0 Å². The van der Waals surface area contributed by atoms with Crippen molar-refractivity contribution in [2.45, 2.75) is 57.8 Å². The van der Waals surface area contributed by atoms with Gasteiger partial charge < -0.3 is 4.74 Å². The van der Waals surface area contributed by atoms with E-state index in [0.717, 1.165) is 51.4 Å². The molecule has 0 spiro atoms. The number of unbranched alkanes of at least 4 members (excludes halogenated alkanes) is 3. The van der Waals surface area contributed by atoms with E-state index >= 15 is 0 Å². The molecule has 0 rings (SSSR count). The molecule has 0 aliphatic heterocycles. The van der Waals surface area contributed by atoms with Gasteiger partial charge in [-0.05, 0) is 44.9 Å². The molecule has 0 aromatic heterocycles. The van der Waals surface area contributed by atoms with Gasteiger partial charge in [-0.15, -0.1) is 6.58 Å². The Hall–Kier alpha value is -1.83. The highest BCUT2D eigenvalue weighted by atomic mass is 16.5. The van der Waals surface area contributed by atoms with Gasteiger partial charge in [0.1, 0.15) is 0 Å². The molecule has 0 bridgehead atoms. The molecule has 0 radical (unpaired) electrons. The Bertz CT molecular complexity index is 400. The van der Waals surface area contributed by atoms with Crippen molar-refractivity contribution in [2.24, 2.45) is 0 Å². The number of hydrogen-bond donors (Lipinski definition) is 0. The van der Waals surface area contributed by atoms with Crippen molar-refractivity contribution in [3.63, 3.8) is 0 Å². The van der Waals surface area contributed by atoms with E-state index in [2.05, 4.69) is 59.9 Å². The van der Waals surface area contributed by atoms with Gasteiger partial charge in [0, 0.05) is 6.42 Å². The summed E-state index contributed by atoms with van der Waals surface area (Å²) in [4.78, 5) is 10.9. The molecule has 0 aliphatic carbocycles. The number of esters is 1. The van der Waals surface area contributed by atoms with Gasteiger partial charge >= 0.3 is 5.97 Å². The normalized spacial score (nSPS) is 12.0. The van der Waals surface area contributed by atoms with Crippen LogP contribution in [0.15, 0.2) is 61.3 Å². The van der Waals surface area contributed by atoms with E-state index in [1.807, 2.05) is 6.08 Å². The molecule has 0 fully saturated rings. The molecule has 0 aromatic carbocycles.